The lowest BCUT2D eigenvalue weighted by molar-refractivity contribution is 0.101. The van der Waals surface area contributed by atoms with Crippen molar-refractivity contribution < 1.29 is 31.5 Å². The van der Waals surface area contributed by atoms with Crippen molar-refractivity contribution in [2.45, 2.75) is 42.7 Å². The van der Waals surface area contributed by atoms with Gasteiger partial charge in [-0.05, 0) is 31.0 Å². The minimum atomic E-state index is -4.08. The Morgan fingerprint density at radius 1 is 1.07 bits per heavy atom. The topological polar surface area (TPSA) is 95.5 Å². The maximum Gasteiger partial charge on any atom is 0.257 e. The molecular weight excluding hydrogens is 445 g/mol. The van der Waals surface area contributed by atoms with Gasteiger partial charge in [-0.15, -0.1) is 0 Å². The maximum atomic E-state index is 13.3. The number of rotatable bonds is 5. The SMILES string of the molecule is O=C(Nc1cc(F)c(F)c(F)c1)c1cc(S(=O)(=O)NC2CCCCC2O)ccc1Cl. The average molecular weight is 463 g/mol. The zero-order valence-electron chi connectivity index (χ0n) is 15.5. The molecule has 0 bridgehead atoms. The number of hydrogen-bond acceptors (Lipinski definition) is 4. The second kappa shape index (κ2) is 8.93. The summed E-state index contributed by atoms with van der Waals surface area (Å²) in [6.45, 7) is 0. The molecule has 11 heteroatoms. The lowest BCUT2D eigenvalue weighted by Gasteiger charge is -2.28. The van der Waals surface area contributed by atoms with E-state index in [2.05, 4.69) is 10.0 Å². The molecule has 0 heterocycles. The van der Waals surface area contributed by atoms with E-state index in [-0.39, 0.29) is 21.2 Å². The highest BCUT2D eigenvalue weighted by atomic mass is 35.5. The first-order valence-corrected chi connectivity index (χ1v) is 10.9. The summed E-state index contributed by atoms with van der Waals surface area (Å²) in [6.07, 6.45) is 1.71. The Morgan fingerprint density at radius 3 is 2.33 bits per heavy atom. The van der Waals surface area contributed by atoms with Crippen molar-refractivity contribution in [1.29, 1.82) is 0 Å². The van der Waals surface area contributed by atoms with Crippen LogP contribution in [-0.4, -0.2) is 31.6 Å². The van der Waals surface area contributed by atoms with E-state index < -0.39 is 45.5 Å². The number of carbonyl (C=O) groups excluding carboxylic acids is 1. The number of aliphatic hydroxyl groups excluding tert-OH is 1. The Hall–Kier alpha value is -2.14. The van der Waals surface area contributed by atoms with E-state index in [1.807, 2.05) is 0 Å². The second-order valence-corrected chi connectivity index (χ2v) is 9.05. The van der Waals surface area contributed by atoms with Crippen molar-refractivity contribution in [3.05, 3.63) is 58.4 Å². The van der Waals surface area contributed by atoms with Crippen molar-refractivity contribution >= 4 is 33.2 Å². The predicted molar refractivity (Wildman–Crippen MR) is 104 cm³/mol. The third kappa shape index (κ3) is 4.94. The van der Waals surface area contributed by atoms with Crippen LogP contribution in [0.5, 0.6) is 0 Å². The molecule has 30 heavy (non-hydrogen) atoms. The highest BCUT2D eigenvalue weighted by molar-refractivity contribution is 7.89. The molecular formula is C19H18ClF3N2O4S. The van der Waals surface area contributed by atoms with Gasteiger partial charge in [0.15, 0.2) is 17.5 Å². The average Bonchev–Trinajstić information content (AvgIpc) is 2.67. The fraction of sp³-hybridized carbons (Fsp3) is 0.316. The second-order valence-electron chi connectivity index (χ2n) is 6.93. The zero-order chi connectivity index (χ0) is 22.1. The van der Waals surface area contributed by atoms with E-state index in [0.29, 0.717) is 25.0 Å². The Morgan fingerprint density at radius 2 is 1.70 bits per heavy atom. The van der Waals surface area contributed by atoms with Crippen molar-refractivity contribution in [2.75, 3.05) is 5.32 Å². The van der Waals surface area contributed by atoms with Gasteiger partial charge in [-0.3, -0.25) is 4.79 Å². The summed E-state index contributed by atoms with van der Waals surface area (Å²) < 4.78 is 67.5. The van der Waals surface area contributed by atoms with E-state index in [1.54, 1.807) is 0 Å². The molecule has 0 aliphatic heterocycles. The minimum Gasteiger partial charge on any atom is -0.391 e. The lowest BCUT2D eigenvalue weighted by Crippen LogP contribution is -2.44. The third-order valence-corrected chi connectivity index (χ3v) is 6.59. The van der Waals surface area contributed by atoms with Crippen LogP contribution >= 0.6 is 11.6 Å². The molecule has 1 fully saturated rings. The van der Waals surface area contributed by atoms with Gasteiger partial charge in [-0.2, -0.15) is 0 Å². The van der Waals surface area contributed by atoms with E-state index in [0.717, 1.165) is 18.9 Å². The molecule has 0 aromatic heterocycles. The molecule has 162 valence electrons. The van der Waals surface area contributed by atoms with Crippen LogP contribution in [0.15, 0.2) is 35.2 Å². The van der Waals surface area contributed by atoms with Crippen LogP contribution in [0.4, 0.5) is 18.9 Å². The fourth-order valence-corrected chi connectivity index (χ4v) is 4.72. The summed E-state index contributed by atoms with van der Waals surface area (Å²) in [5, 5.41) is 12.0. The molecule has 1 aliphatic carbocycles. The predicted octanol–water partition coefficient (Wildman–Crippen LogP) is 3.59. The number of carbonyl (C=O) groups is 1. The van der Waals surface area contributed by atoms with Gasteiger partial charge in [-0.25, -0.2) is 26.3 Å². The third-order valence-electron chi connectivity index (χ3n) is 4.77. The van der Waals surface area contributed by atoms with Gasteiger partial charge >= 0.3 is 0 Å². The van der Waals surface area contributed by atoms with Crippen LogP contribution < -0.4 is 10.0 Å². The van der Waals surface area contributed by atoms with Gasteiger partial charge in [0.05, 0.1) is 21.6 Å². The Kier molecular flexibility index (Phi) is 6.71. The number of hydrogen-bond donors (Lipinski definition) is 3. The Labute approximate surface area is 176 Å². The number of aliphatic hydroxyl groups is 1. The molecule has 1 amide bonds. The van der Waals surface area contributed by atoms with Crippen LogP contribution in [0.25, 0.3) is 0 Å². The first kappa shape index (κ1) is 22.5. The number of anilines is 1. The highest BCUT2D eigenvalue weighted by Crippen LogP contribution is 2.25. The van der Waals surface area contributed by atoms with Crippen molar-refractivity contribution in [1.82, 2.24) is 4.72 Å². The van der Waals surface area contributed by atoms with Crippen molar-refractivity contribution in [3.8, 4) is 0 Å². The molecule has 0 radical (unpaired) electrons. The molecule has 2 aromatic carbocycles. The van der Waals surface area contributed by atoms with Crippen molar-refractivity contribution in [3.63, 3.8) is 0 Å². The number of halogens is 4. The van der Waals surface area contributed by atoms with E-state index in [1.165, 1.54) is 12.1 Å². The first-order chi connectivity index (χ1) is 14.1. The van der Waals surface area contributed by atoms with Crippen molar-refractivity contribution in [2.24, 2.45) is 0 Å². The van der Waals surface area contributed by atoms with Crippen LogP contribution in [0.1, 0.15) is 36.0 Å². The molecule has 6 nitrogen and oxygen atoms in total. The van der Waals surface area contributed by atoms with Gasteiger partial charge in [0.1, 0.15) is 0 Å². The molecule has 2 aromatic rings. The van der Waals surface area contributed by atoms with Crippen LogP contribution in [0, 0.1) is 17.5 Å². The summed E-state index contributed by atoms with van der Waals surface area (Å²) in [5.41, 5.74) is -0.641. The molecule has 3 N–H and O–H groups in total. The van der Waals surface area contributed by atoms with E-state index in [9.17, 15) is 31.5 Å². The quantitative estimate of drug-likeness (QED) is 0.592. The Bertz CT molecular complexity index is 1060. The summed E-state index contributed by atoms with van der Waals surface area (Å²) >= 11 is 5.99. The van der Waals surface area contributed by atoms with Gasteiger partial charge < -0.3 is 10.4 Å². The molecule has 3 rings (SSSR count). The first-order valence-electron chi connectivity index (χ1n) is 9.04. The van der Waals surface area contributed by atoms with Gasteiger partial charge in [0.2, 0.25) is 10.0 Å². The van der Waals surface area contributed by atoms with Gasteiger partial charge in [0, 0.05) is 23.9 Å². The van der Waals surface area contributed by atoms with E-state index in [4.69, 9.17) is 11.6 Å². The van der Waals surface area contributed by atoms with Crippen LogP contribution in [0.2, 0.25) is 5.02 Å². The highest BCUT2D eigenvalue weighted by Gasteiger charge is 2.29. The molecule has 2 unspecified atom stereocenters. The van der Waals surface area contributed by atoms with Gasteiger partial charge in [-0.1, -0.05) is 24.4 Å². The molecule has 1 saturated carbocycles. The van der Waals surface area contributed by atoms with Crippen LogP contribution in [0.3, 0.4) is 0 Å². The lowest BCUT2D eigenvalue weighted by atomic mass is 9.93. The smallest absolute Gasteiger partial charge is 0.257 e. The molecule has 1 aliphatic rings. The number of benzene rings is 2. The maximum absolute atomic E-state index is 13.3. The molecule has 0 spiro atoms. The largest absolute Gasteiger partial charge is 0.391 e. The van der Waals surface area contributed by atoms with E-state index >= 15 is 0 Å². The number of nitrogens with one attached hydrogen (secondary N) is 2. The normalized spacial score (nSPS) is 19.5. The summed E-state index contributed by atoms with van der Waals surface area (Å²) in [6, 6.07) is 3.89. The fourth-order valence-electron chi connectivity index (χ4n) is 3.19. The summed E-state index contributed by atoms with van der Waals surface area (Å²) in [5.74, 6) is -5.62. The zero-order valence-corrected chi connectivity index (χ0v) is 17.0. The number of sulfonamides is 1. The number of amides is 1. The van der Waals surface area contributed by atoms with Gasteiger partial charge in [0.25, 0.3) is 5.91 Å². The standard InChI is InChI=1S/C19H18ClF3N2O4S/c20-13-6-5-11(30(28,29)25-16-3-1-2-4-17(16)26)9-12(13)19(27)24-10-7-14(21)18(23)15(22)8-10/h5-9,16-17,25-26H,1-4H2,(H,24,27). The molecule has 2 atom stereocenters. The summed E-state index contributed by atoms with van der Waals surface area (Å²) in [7, 11) is -4.08. The minimum absolute atomic E-state index is 0.104. The monoisotopic (exact) mass is 462 g/mol. The Balaban J connectivity index is 1.84. The molecule has 0 saturated heterocycles. The summed E-state index contributed by atoms with van der Waals surface area (Å²) in [4.78, 5) is 12.2. The van der Waals surface area contributed by atoms with Crippen LogP contribution in [-0.2, 0) is 10.0 Å².